The second-order valence-electron chi connectivity index (χ2n) is 3.74. The molecule has 2 N–H and O–H groups in total. The van der Waals surface area contributed by atoms with Crippen molar-refractivity contribution in [3.63, 3.8) is 0 Å². The van der Waals surface area contributed by atoms with E-state index in [-0.39, 0.29) is 12.2 Å². The quantitative estimate of drug-likeness (QED) is 0.646. The van der Waals surface area contributed by atoms with E-state index in [2.05, 4.69) is 10.4 Å². The van der Waals surface area contributed by atoms with Crippen LogP contribution in [0.2, 0.25) is 0 Å². The van der Waals surface area contributed by atoms with Gasteiger partial charge in [0, 0.05) is 5.69 Å². The number of carbonyl (C=O) groups is 1. The molecule has 2 aromatic rings. The number of nitro groups is 1. The molecule has 0 bridgehead atoms. The van der Waals surface area contributed by atoms with Gasteiger partial charge in [0.15, 0.2) is 0 Å². The number of aromatic nitrogens is 2. The number of nitrogens with one attached hydrogen (secondary N) is 1. The maximum Gasteiger partial charge on any atom is 0.409 e. The summed E-state index contributed by atoms with van der Waals surface area (Å²) >= 11 is 0. The van der Waals surface area contributed by atoms with E-state index < -0.39 is 11.0 Å². The number of nitrogens with zero attached hydrogens (tertiary/aromatic N) is 3. The van der Waals surface area contributed by atoms with E-state index in [9.17, 15) is 14.9 Å². The number of para-hydroxylation sites is 1. The van der Waals surface area contributed by atoms with Gasteiger partial charge in [0.1, 0.15) is 12.4 Å². The van der Waals surface area contributed by atoms with Crippen molar-refractivity contribution in [3.05, 3.63) is 52.3 Å². The molecule has 0 aliphatic heterocycles. The number of hydrogen-bond acceptors (Lipinski definition) is 4. The monoisotopic (exact) mass is 262 g/mol. The first-order chi connectivity index (χ1) is 9.06. The normalized spacial score (nSPS) is 10.1. The van der Waals surface area contributed by atoms with Crippen LogP contribution in [0.4, 0.5) is 16.2 Å². The van der Waals surface area contributed by atoms with E-state index in [0.717, 1.165) is 6.20 Å². The summed E-state index contributed by atoms with van der Waals surface area (Å²) in [7, 11) is 0. The van der Waals surface area contributed by atoms with Crippen LogP contribution in [0.1, 0.15) is 5.56 Å². The number of rotatable bonds is 4. The fourth-order valence-electron chi connectivity index (χ4n) is 1.60. The zero-order valence-corrected chi connectivity index (χ0v) is 9.68. The molecule has 1 aromatic carbocycles. The van der Waals surface area contributed by atoms with Crippen LogP contribution in [0.3, 0.4) is 0 Å². The lowest BCUT2D eigenvalue weighted by atomic mass is 10.2. The molecule has 19 heavy (non-hydrogen) atoms. The van der Waals surface area contributed by atoms with Crippen LogP contribution in [0.25, 0.3) is 0 Å². The van der Waals surface area contributed by atoms with E-state index in [1.807, 2.05) is 0 Å². The fraction of sp³-hybridized carbons (Fsp3) is 0.0909. The second kappa shape index (κ2) is 5.17. The molecule has 0 aliphatic carbocycles. The summed E-state index contributed by atoms with van der Waals surface area (Å²) in [4.78, 5) is 20.6. The molecular formula is C11H10N4O4. The van der Waals surface area contributed by atoms with Crippen molar-refractivity contribution in [3.8, 4) is 0 Å². The highest BCUT2D eigenvalue weighted by atomic mass is 16.6. The highest BCUT2D eigenvalue weighted by Gasteiger charge is 2.10. The van der Waals surface area contributed by atoms with Crippen LogP contribution in [0, 0.1) is 10.1 Å². The Balaban J connectivity index is 2.22. The predicted octanol–water partition coefficient (Wildman–Crippen LogP) is 1.93. The third-order valence-corrected chi connectivity index (χ3v) is 2.42. The lowest BCUT2D eigenvalue weighted by molar-refractivity contribution is -0.385. The first kappa shape index (κ1) is 12.6. The highest BCUT2D eigenvalue weighted by molar-refractivity contribution is 5.83. The van der Waals surface area contributed by atoms with Gasteiger partial charge in [-0.1, -0.05) is 18.2 Å². The molecule has 98 valence electrons. The average molecular weight is 262 g/mol. The summed E-state index contributed by atoms with van der Waals surface area (Å²) in [5.74, 6) is 0. The van der Waals surface area contributed by atoms with Gasteiger partial charge in [0.2, 0.25) is 0 Å². The Labute approximate surface area is 107 Å². The van der Waals surface area contributed by atoms with Gasteiger partial charge in [-0.05, 0) is 11.6 Å². The van der Waals surface area contributed by atoms with Gasteiger partial charge in [-0.25, -0.2) is 4.79 Å². The Morgan fingerprint density at radius 2 is 2.21 bits per heavy atom. The summed E-state index contributed by atoms with van der Waals surface area (Å²) < 4.78 is 1.38. The van der Waals surface area contributed by atoms with Crippen LogP contribution < -0.4 is 5.32 Å². The van der Waals surface area contributed by atoms with Crippen molar-refractivity contribution < 1.29 is 14.8 Å². The minimum absolute atomic E-state index is 0.108. The van der Waals surface area contributed by atoms with Gasteiger partial charge in [-0.2, -0.15) is 5.10 Å². The zero-order valence-electron chi connectivity index (χ0n) is 9.68. The standard InChI is InChI=1S/C11H10N4O4/c16-11(17)13-10-4-2-1-3-8(10)6-14-7-9(5-12-14)15(18)19/h1-5,7,13H,6H2,(H,16,17). The fourth-order valence-corrected chi connectivity index (χ4v) is 1.60. The van der Waals surface area contributed by atoms with Crippen molar-refractivity contribution >= 4 is 17.5 Å². The molecule has 2 rings (SSSR count). The van der Waals surface area contributed by atoms with E-state index in [1.54, 1.807) is 24.3 Å². The first-order valence-electron chi connectivity index (χ1n) is 5.31. The minimum Gasteiger partial charge on any atom is -0.465 e. The molecular weight excluding hydrogens is 252 g/mol. The molecule has 1 heterocycles. The van der Waals surface area contributed by atoms with Gasteiger partial charge in [-0.15, -0.1) is 0 Å². The number of benzene rings is 1. The topological polar surface area (TPSA) is 110 Å². The smallest absolute Gasteiger partial charge is 0.409 e. The van der Waals surface area contributed by atoms with Crippen LogP contribution in [0.15, 0.2) is 36.7 Å². The summed E-state index contributed by atoms with van der Waals surface area (Å²) in [6, 6.07) is 6.78. The first-order valence-corrected chi connectivity index (χ1v) is 5.31. The van der Waals surface area contributed by atoms with Crippen LogP contribution in [-0.2, 0) is 6.54 Å². The third kappa shape index (κ3) is 3.06. The minimum atomic E-state index is -1.17. The van der Waals surface area contributed by atoms with Crippen LogP contribution in [-0.4, -0.2) is 25.9 Å². The zero-order chi connectivity index (χ0) is 13.8. The predicted molar refractivity (Wildman–Crippen MR) is 66.1 cm³/mol. The van der Waals surface area contributed by atoms with E-state index in [1.165, 1.54) is 10.9 Å². The molecule has 0 atom stereocenters. The number of anilines is 1. The maximum absolute atomic E-state index is 10.6. The second-order valence-corrected chi connectivity index (χ2v) is 3.74. The number of carboxylic acid groups (broad SMARTS) is 1. The summed E-state index contributed by atoms with van der Waals surface area (Å²) in [5.41, 5.74) is 0.986. The lowest BCUT2D eigenvalue weighted by Crippen LogP contribution is -2.11. The Hall–Kier alpha value is -2.90. The highest BCUT2D eigenvalue weighted by Crippen LogP contribution is 2.17. The summed E-state index contributed by atoms with van der Waals surface area (Å²) in [6.45, 7) is 0.240. The molecule has 0 aliphatic rings. The van der Waals surface area contributed by atoms with Crippen LogP contribution in [0.5, 0.6) is 0 Å². The summed E-state index contributed by atoms with van der Waals surface area (Å²) in [6.07, 6.45) is 1.27. The third-order valence-electron chi connectivity index (χ3n) is 2.42. The van der Waals surface area contributed by atoms with Gasteiger partial charge in [0.05, 0.1) is 11.5 Å². The van der Waals surface area contributed by atoms with E-state index >= 15 is 0 Å². The largest absolute Gasteiger partial charge is 0.465 e. The van der Waals surface area contributed by atoms with Gasteiger partial charge < -0.3 is 5.11 Å². The Kier molecular flexibility index (Phi) is 3.42. The molecule has 0 fully saturated rings. The van der Waals surface area contributed by atoms with Crippen molar-refractivity contribution in [2.45, 2.75) is 6.54 Å². The van der Waals surface area contributed by atoms with E-state index in [0.29, 0.717) is 11.3 Å². The molecule has 1 aromatic heterocycles. The summed E-state index contributed by atoms with van der Waals surface area (Å²) in [5, 5.41) is 25.4. The Morgan fingerprint density at radius 1 is 1.47 bits per heavy atom. The average Bonchev–Trinajstić information content (AvgIpc) is 2.80. The van der Waals surface area contributed by atoms with Crippen molar-refractivity contribution in [2.24, 2.45) is 0 Å². The van der Waals surface area contributed by atoms with Crippen molar-refractivity contribution in [1.29, 1.82) is 0 Å². The Morgan fingerprint density at radius 3 is 2.84 bits per heavy atom. The SMILES string of the molecule is O=C(O)Nc1ccccc1Cn1cc([N+](=O)[O-])cn1. The molecule has 8 heteroatoms. The maximum atomic E-state index is 10.6. The van der Waals surface area contributed by atoms with Gasteiger partial charge in [-0.3, -0.25) is 20.1 Å². The molecule has 0 unspecified atom stereocenters. The molecule has 8 nitrogen and oxygen atoms in total. The molecule has 0 saturated carbocycles. The molecule has 1 amide bonds. The number of amides is 1. The molecule has 0 radical (unpaired) electrons. The molecule has 0 spiro atoms. The van der Waals surface area contributed by atoms with Crippen LogP contribution >= 0.6 is 0 Å². The Bertz CT molecular complexity index is 623. The number of hydrogen-bond donors (Lipinski definition) is 2. The van der Waals surface area contributed by atoms with Gasteiger partial charge in [0.25, 0.3) is 0 Å². The van der Waals surface area contributed by atoms with Crippen molar-refractivity contribution in [2.75, 3.05) is 5.32 Å². The van der Waals surface area contributed by atoms with E-state index in [4.69, 9.17) is 5.11 Å². The molecule has 0 saturated heterocycles. The van der Waals surface area contributed by atoms with Gasteiger partial charge >= 0.3 is 11.8 Å². The lowest BCUT2D eigenvalue weighted by Gasteiger charge is -2.08. The van der Waals surface area contributed by atoms with Crippen molar-refractivity contribution in [1.82, 2.24) is 9.78 Å².